The van der Waals surface area contributed by atoms with E-state index < -0.39 is 0 Å². The first-order chi connectivity index (χ1) is 13.9. The number of rotatable bonds is 7. The lowest BCUT2D eigenvalue weighted by atomic mass is 10.1. The molecule has 2 aromatic carbocycles. The van der Waals surface area contributed by atoms with Crippen molar-refractivity contribution in [3.63, 3.8) is 0 Å². The Morgan fingerprint density at radius 2 is 1.86 bits per heavy atom. The Morgan fingerprint density at radius 1 is 1.07 bits per heavy atom. The highest BCUT2D eigenvalue weighted by Gasteiger charge is 2.34. The van der Waals surface area contributed by atoms with E-state index in [1.165, 1.54) is 4.90 Å². The van der Waals surface area contributed by atoms with Crippen LogP contribution in [0.1, 0.15) is 24.5 Å². The average Bonchev–Trinajstić information content (AvgIpc) is 2.97. The molecule has 1 heterocycles. The van der Waals surface area contributed by atoms with Crippen molar-refractivity contribution in [3.05, 3.63) is 62.5 Å². The van der Waals surface area contributed by atoms with E-state index in [1.807, 2.05) is 13.0 Å². The van der Waals surface area contributed by atoms with Crippen molar-refractivity contribution in [3.8, 4) is 11.5 Å². The lowest BCUT2D eigenvalue weighted by Gasteiger charge is -2.12. The van der Waals surface area contributed by atoms with Gasteiger partial charge in [-0.05, 0) is 59.7 Å². The Labute approximate surface area is 183 Å². The van der Waals surface area contributed by atoms with E-state index in [-0.39, 0.29) is 11.1 Å². The summed E-state index contributed by atoms with van der Waals surface area (Å²) in [6.07, 6.45) is 2.41. The Bertz CT molecular complexity index is 977. The van der Waals surface area contributed by atoms with Crippen molar-refractivity contribution in [2.75, 3.05) is 13.7 Å². The van der Waals surface area contributed by atoms with Crippen LogP contribution in [0.3, 0.4) is 0 Å². The van der Waals surface area contributed by atoms with Gasteiger partial charge >= 0.3 is 0 Å². The Hall–Kier alpha value is -2.15. The number of benzene rings is 2. The maximum Gasteiger partial charge on any atom is 0.293 e. The van der Waals surface area contributed by atoms with Gasteiger partial charge in [0, 0.05) is 6.54 Å². The molecule has 152 valence electrons. The minimum absolute atomic E-state index is 0.239. The van der Waals surface area contributed by atoms with Crippen molar-refractivity contribution in [2.45, 2.75) is 20.0 Å². The van der Waals surface area contributed by atoms with Gasteiger partial charge in [-0.15, -0.1) is 0 Å². The summed E-state index contributed by atoms with van der Waals surface area (Å²) in [5.74, 6) is 0.808. The van der Waals surface area contributed by atoms with Crippen LogP contribution in [-0.4, -0.2) is 29.7 Å². The zero-order valence-electron chi connectivity index (χ0n) is 15.9. The molecule has 0 aliphatic carbocycles. The summed E-state index contributed by atoms with van der Waals surface area (Å²) >= 11 is 12.9. The highest BCUT2D eigenvalue weighted by Crippen LogP contribution is 2.35. The summed E-state index contributed by atoms with van der Waals surface area (Å²) < 4.78 is 11.3. The molecule has 0 N–H and O–H groups in total. The second kappa shape index (κ2) is 9.57. The van der Waals surface area contributed by atoms with E-state index in [9.17, 15) is 9.59 Å². The van der Waals surface area contributed by atoms with Gasteiger partial charge in [0.1, 0.15) is 6.61 Å². The summed E-state index contributed by atoms with van der Waals surface area (Å²) in [7, 11) is 1.54. The molecule has 0 saturated carbocycles. The Balaban J connectivity index is 1.76. The summed E-state index contributed by atoms with van der Waals surface area (Å²) in [6, 6.07) is 10.6. The van der Waals surface area contributed by atoms with Crippen LogP contribution in [0.5, 0.6) is 11.5 Å². The number of hydrogen-bond acceptors (Lipinski definition) is 5. The number of nitrogens with zero attached hydrogens (tertiary/aromatic N) is 1. The molecule has 0 spiro atoms. The SMILES string of the molecule is CCCN1C(=O)S/C(=C/c2ccc(OCc3ccc(Cl)c(Cl)c3)c(OC)c2)C1=O. The van der Waals surface area contributed by atoms with E-state index in [4.69, 9.17) is 32.7 Å². The summed E-state index contributed by atoms with van der Waals surface area (Å²) in [5.41, 5.74) is 1.61. The van der Waals surface area contributed by atoms with Gasteiger partial charge < -0.3 is 9.47 Å². The van der Waals surface area contributed by atoms with Gasteiger partial charge in [-0.1, -0.05) is 42.3 Å². The number of carbonyl (C=O) groups is 2. The van der Waals surface area contributed by atoms with Crippen molar-refractivity contribution in [1.29, 1.82) is 0 Å². The normalized spacial score (nSPS) is 15.3. The van der Waals surface area contributed by atoms with Crippen LogP contribution in [0, 0.1) is 0 Å². The zero-order valence-corrected chi connectivity index (χ0v) is 18.2. The molecular formula is C21H19Cl2NO4S. The maximum atomic E-state index is 12.4. The Morgan fingerprint density at radius 3 is 2.55 bits per heavy atom. The second-order valence-corrected chi connectivity index (χ2v) is 8.09. The largest absolute Gasteiger partial charge is 0.493 e. The number of thioether (sulfide) groups is 1. The van der Waals surface area contributed by atoms with Crippen LogP contribution in [0.2, 0.25) is 10.0 Å². The summed E-state index contributed by atoms with van der Waals surface area (Å²) in [6.45, 7) is 2.64. The topological polar surface area (TPSA) is 55.8 Å². The van der Waals surface area contributed by atoms with Gasteiger partial charge in [0.15, 0.2) is 11.5 Å². The summed E-state index contributed by atoms with van der Waals surface area (Å²) in [4.78, 5) is 26.0. The molecule has 0 atom stereocenters. The molecule has 1 fully saturated rings. The van der Waals surface area contributed by atoms with Crippen LogP contribution in [-0.2, 0) is 11.4 Å². The standard InChI is InChI=1S/C21H19Cl2NO4S/c1-3-8-24-20(25)19(29-21(24)26)11-13-5-7-17(18(10-13)27-2)28-12-14-4-6-15(22)16(23)9-14/h4-7,9-11H,3,8,12H2,1-2H3/b19-11+. The van der Waals surface area contributed by atoms with E-state index in [2.05, 4.69) is 0 Å². The lowest BCUT2D eigenvalue weighted by molar-refractivity contribution is -0.122. The molecule has 0 unspecified atom stereocenters. The number of hydrogen-bond donors (Lipinski definition) is 0. The molecular weight excluding hydrogens is 433 g/mol. The van der Waals surface area contributed by atoms with Crippen molar-refractivity contribution < 1.29 is 19.1 Å². The third kappa shape index (κ3) is 5.07. The molecule has 1 aliphatic rings. The number of halogens is 2. The molecule has 8 heteroatoms. The smallest absolute Gasteiger partial charge is 0.293 e. The predicted molar refractivity (Wildman–Crippen MR) is 117 cm³/mol. The monoisotopic (exact) mass is 451 g/mol. The third-order valence-corrected chi connectivity index (χ3v) is 5.83. The molecule has 29 heavy (non-hydrogen) atoms. The summed E-state index contributed by atoms with van der Waals surface area (Å²) in [5, 5.41) is 0.712. The fourth-order valence-electron chi connectivity index (χ4n) is 2.75. The Kier molecular flexibility index (Phi) is 7.11. The number of ether oxygens (including phenoxy) is 2. The van der Waals surface area contributed by atoms with Gasteiger partial charge in [-0.2, -0.15) is 0 Å². The molecule has 0 bridgehead atoms. The highest BCUT2D eigenvalue weighted by molar-refractivity contribution is 8.18. The van der Waals surface area contributed by atoms with Crippen LogP contribution < -0.4 is 9.47 Å². The van der Waals surface area contributed by atoms with Gasteiger partial charge in [-0.3, -0.25) is 14.5 Å². The quantitative estimate of drug-likeness (QED) is 0.481. The zero-order chi connectivity index (χ0) is 21.0. The van der Waals surface area contributed by atoms with Crippen molar-refractivity contribution >= 4 is 52.2 Å². The lowest BCUT2D eigenvalue weighted by Crippen LogP contribution is -2.28. The van der Waals surface area contributed by atoms with Crippen molar-refractivity contribution in [2.24, 2.45) is 0 Å². The first-order valence-corrected chi connectivity index (χ1v) is 10.5. The molecule has 0 radical (unpaired) electrons. The fourth-order valence-corrected chi connectivity index (χ4v) is 3.94. The van der Waals surface area contributed by atoms with E-state index in [1.54, 1.807) is 43.5 Å². The van der Waals surface area contributed by atoms with Gasteiger partial charge in [-0.25, -0.2) is 0 Å². The van der Waals surface area contributed by atoms with Crippen LogP contribution in [0.15, 0.2) is 41.3 Å². The minimum atomic E-state index is -0.263. The van der Waals surface area contributed by atoms with Crippen LogP contribution in [0.25, 0.3) is 6.08 Å². The fraction of sp³-hybridized carbons (Fsp3) is 0.238. The first-order valence-electron chi connectivity index (χ1n) is 8.93. The van der Waals surface area contributed by atoms with Crippen LogP contribution in [0.4, 0.5) is 4.79 Å². The molecule has 3 rings (SSSR count). The number of carbonyl (C=O) groups excluding carboxylic acids is 2. The average molecular weight is 452 g/mol. The van der Waals surface area contributed by atoms with Gasteiger partial charge in [0.05, 0.1) is 22.1 Å². The molecule has 1 aliphatic heterocycles. The maximum absolute atomic E-state index is 12.4. The van der Waals surface area contributed by atoms with E-state index in [0.717, 1.165) is 29.3 Å². The molecule has 1 saturated heterocycles. The van der Waals surface area contributed by atoms with Crippen LogP contribution >= 0.6 is 35.0 Å². The van der Waals surface area contributed by atoms with Gasteiger partial charge in [0.25, 0.3) is 11.1 Å². The third-order valence-electron chi connectivity index (χ3n) is 4.18. The predicted octanol–water partition coefficient (Wildman–Crippen LogP) is 6.03. The number of amides is 2. The van der Waals surface area contributed by atoms with Gasteiger partial charge in [0.2, 0.25) is 0 Å². The highest BCUT2D eigenvalue weighted by atomic mass is 35.5. The molecule has 2 aromatic rings. The van der Waals surface area contributed by atoms with E-state index >= 15 is 0 Å². The number of imide groups is 1. The molecule has 2 amide bonds. The first kappa shape index (κ1) is 21.6. The minimum Gasteiger partial charge on any atom is -0.493 e. The van der Waals surface area contributed by atoms with E-state index in [0.29, 0.717) is 39.6 Å². The van der Waals surface area contributed by atoms with Crippen molar-refractivity contribution in [1.82, 2.24) is 4.90 Å². The molecule has 5 nitrogen and oxygen atoms in total. The number of methoxy groups -OCH3 is 1. The second-order valence-electron chi connectivity index (χ2n) is 6.28. The molecule has 0 aromatic heterocycles.